The van der Waals surface area contributed by atoms with Crippen molar-refractivity contribution >= 4 is 0 Å². The van der Waals surface area contributed by atoms with Crippen LogP contribution in [-0.2, 0) is 22.7 Å². The van der Waals surface area contributed by atoms with E-state index in [1.54, 1.807) is 24.3 Å². The summed E-state index contributed by atoms with van der Waals surface area (Å²) in [6.45, 7) is 45.5. The first-order chi connectivity index (χ1) is 39.7. The number of benzene rings is 8. The molecule has 86 heavy (non-hydrogen) atoms. The minimum Gasteiger partial charge on any atom is -0.508 e. The number of aryl methyl sites for hydroxylation is 8. The molecule has 0 aliphatic rings. The van der Waals surface area contributed by atoms with Crippen molar-refractivity contribution in [2.75, 3.05) is 0 Å². The minimum atomic E-state index is -0.200. The minimum absolute atomic E-state index is 0.130. The van der Waals surface area contributed by atoms with E-state index >= 15 is 0 Å². The van der Waals surface area contributed by atoms with Gasteiger partial charge in [-0.1, -0.05) is 158 Å². The highest BCUT2D eigenvalue weighted by Gasteiger charge is 2.30. The SMILES string of the molecule is CC(C)c1cc(C(C)(C)c2ccc(O)c(C(C)C)c2)ccc1O.Cc1cc(-c2cc(C)c(O)c(C)c2)cc(C)c1O.Cc1cc(Cc2ccc(O)c(C)c2)ccc1O.Cc1cc(O)c(C(C)(C)C)cc1C(c1cc(C(C)(C)C)c(O)cc1C)C(C)C. The van der Waals surface area contributed by atoms with Crippen molar-refractivity contribution in [3.8, 4) is 57.1 Å². The second kappa shape index (κ2) is 27.7. The third-order valence-electron chi connectivity index (χ3n) is 16.7. The monoisotopic (exact) mass is 1160 g/mol. The first-order valence-corrected chi connectivity index (χ1v) is 30.3. The first-order valence-electron chi connectivity index (χ1n) is 30.3. The molecule has 8 aromatic carbocycles. The topological polar surface area (TPSA) is 162 Å². The lowest BCUT2D eigenvalue weighted by atomic mass is 9.74. The fourth-order valence-electron chi connectivity index (χ4n) is 11.3. The molecule has 0 fully saturated rings. The van der Waals surface area contributed by atoms with Gasteiger partial charge in [0.25, 0.3) is 0 Å². The van der Waals surface area contributed by atoms with Gasteiger partial charge in [0.1, 0.15) is 46.0 Å². The molecule has 0 heterocycles. The summed E-state index contributed by atoms with van der Waals surface area (Å²) in [5.41, 5.74) is 20.2. The third-order valence-corrected chi connectivity index (χ3v) is 16.7. The molecule has 0 unspecified atom stereocenters. The maximum absolute atomic E-state index is 10.6. The van der Waals surface area contributed by atoms with E-state index in [0.29, 0.717) is 51.9 Å². The van der Waals surface area contributed by atoms with Crippen LogP contribution in [0.1, 0.15) is 215 Å². The van der Waals surface area contributed by atoms with Gasteiger partial charge in [0.15, 0.2) is 0 Å². The second-order valence-corrected chi connectivity index (χ2v) is 27.5. The molecular weight excluding hydrogens is 1060 g/mol. The third kappa shape index (κ3) is 16.8. The predicted octanol–water partition coefficient (Wildman–Crippen LogP) is 20.1. The van der Waals surface area contributed by atoms with E-state index in [-0.39, 0.29) is 34.0 Å². The molecule has 460 valence electrons. The van der Waals surface area contributed by atoms with Crippen LogP contribution in [-0.4, -0.2) is 40.9 Å². The second-order valence-electron chi connectivity index (χ2n) is 27.5. The Morgan fingerprint density at radius 3 is 0.907 bits per heavy atom. The van der Waals surface area contributed by atoms with Crippen molar-refractivity contribution in [2.45, 2.75) is 193 Å². The Balaban J connectivity index is 0.000000213. The van der Waals surface area contributed by atoms with Gasteiger partial charge in [-0.15, -0.1) is 0 Å². The van der Waals surface area contributed by atoms with E-state index in [4.69, 9.17) is 0 Å². The van der Waals surface area contributed by atoms with Crippen molar-refractivity contribution in [1.29, 1.82) is 0 Å². The molecule has 0 spiro atoms. The number of aromatic hydroxyl groups is 8. The van der Waals surface area contributed by atoms with Crippen LogP contribution in [0, 0.1) is 61.3 Å². The van der Waals surface area contributed by atoms with Gasteiger partial charge in [-0.2, -0.15) is 0 Å². The Kier molecular flexibility index (Phi) is 22.2. The van der Waals surface area contributed by atoms with E-state index in [9.17, 15) is 40.9 Å². The van der Waals surface area contributed by atoms with E-state index in [1.165, 1.54) is 22.3 Å². The molecule has 0 radical (unpaired) electrons. The van der Waals surface area contributed by atoms with E-state index in [0.717, 1.165) is 95.4 Å². The van der Waals surface area contributed by atoms with Crippen molar-refractivity contribution in [2.24, 2.45) is 5.92 Å². The largest absolute Gasteiger partial charge is 0.508 e. The molecule has 0 atom stereocenters. The van der Waals surface area contributed by atoms with Crippen LogP contribution in [0.2, 0.25) is 0 Å². The normalized spacial score (nSPS) is 11.7. The van der Waals surface area contributed by atoms with Gasteiger partial charge >= 0.3 is 0 Å². The summed E-state index contributed by atoms with van der Waals surface area (Å²) in [4.78, 5) is 0. The van der Waals surface area contributed by atoms with Crippen LogP contribution in [0.15, 0.2) is 121 Å². The Hall–Kier alpha value is -7.84. The molecule has 0 aliphatic carbocycles. The van der Waals surface area contributed by atoms with E-state index in [1.807, 2.05) is 114 Å². The summed E-state index contributed by atoms with van der Waals surface area (Å²) in [7, 11) is 0. The molecule has 8 N–H and O–H groups in total. The van der Waals surface area contributed by atoms with Crippen LogP contribution in [0.5, 0.6) is 46.0 Å². The summed E-state index contributed by atoms with van der Waals surface area (Å²) >= 11 is 0. The van der Waals surface area contributed by atoms with Crippen molar-refractivity contribution in [3.63, 3.8) is 0 Å². The van der Waals surface area contributed by atoms with Crippen LogP contribution in [0.25, 0.3) is 11.1 Å². The molecule has 8 rings (SSSR count). The lowest BCUT2D eigenvalue weighted by Crippen LogP contribution is -2.19. The van der Waals surface area contributed by atoms with E-state index < -0.39 is 0 Å². The fourth-order valence-corrected chi connectivity index (χ4v) is 11.3. The summed E-state index contributed by atoms with van der Waals surface area (Å²) < 4.78 is 0. The molecule has 0 aliphatic heterocycles. The fraction of sp³-hybridized carbons (Fsp3) is 0.385. The van der Waals surface area contributed by atoms with Gasteiger partial charge in [0, 0.05) is 11.3 Å². The standard InChI is InChI=1S/C26H38O2.C21H28O2.C16H18O2.C15H16O2/c1-15(2)24(18-13-20(25(5,6)7)22(27)11-16(18)3)19-14-21(26(8,9)10)23(28)12-17(19)4;1-13(2)17-11-15(7-9-19(17)22)21(5,6)16-8-10-20(23)18(12-16)14(3)4;1-9-5-13(6-10(2)15(9)17)14-7-11(3)16(18)12(4)8-14;1-10-7-12(3-5-14(10)16)9-13-4-6-15(17)11(2)8-13/h11-15,24,27-28H,1-10H3;7-14,22-23H,1-6H3;5-8,17-18H,1-4H3;3-8,16-17H,9H2,1-2H3. The van der Waals surface area contributed by atoms with Gasteiger partial charge < -0.3 is 40.9 Å². The molecule has 0 amide bonds. The zero-order valence-electron chi connectivity index (χ0n) is 55.6. The van der Waals surface area contributed by atoms with Crippen LogP contribution in [0.4, 0.5) is 0 Å². The summed E-state index contributed by atoms with van der Waals surface area (Å²) in [6, 6.07) is 39.1. The molecule has 0 aromatic heterocycles. The van der Waals surface area contributed by atoms with Gasteiger partial charge in [-0.05, 0) is 262 Å². The molecule has 0 saturated heterocycles. The Morgan fingerprint density at radius 2 is 0.628 bits per heavy atom. The highest BCUT2D eigenvalue weighted by atomic mass is 16.3. The van der Waals surface area contributed by atoms with Crippen LogP contribution in [0.3, 0.4) is 0 Å². The maximum atomic E-state index is 10.6. The van der Waals surface area contributed by atoms with Gasteiger partial charge in [0.05, 0.1) is 0 Å². The number of phenols is 8. The molecule has 0 bridgehead atoms. The molecule has 0 saturated carbocycles. The van der Waals surface area contributed by atoms with Crippen molar-refractivity contribution in [1.82, 2.24) is 0 Å². The number of rotatable bonds is 10. The number of phenolic OH excluding ortho intramolecular Hbond substituents is 8. The summed E-state index contributed by atoms with van der Waals surface area (Å²) in [5.74, 6) is 3.94. The molecule has 8 heteroatoms. The van der Waals surface area contributed by atoms with Crippen molar-refractivity contribution < 1.29 is 40.9 Å². The smallest absolute Gasteiger partial charge is 0.121 e. The Bertz CT molecular complexity index is 3390. The zero-order chi connectivity index (χ0) is 64.8. The zero-order valence-corrected chi connectivity index (χ0v) is 55.6. The highest BCUT2D eigenvalue weighted by molar-refractivity contribution is 5.70. The Labute approximate surface area is 515 Å². The van der Waals surface area contributed by atoms with Crippen molar-refractivity contribution in [3.05, 3.63) is 221 Å². The van der Waals surface area contributed by atoms with Gasteiger partial charge in [-0.25, -0.2) is 0 Å². The molecule has 8 aromatic rings. The van der Waals surface area contributed by atoms with Crippen LogP contribution < -0.4 is 0 Å². The quantitative estimate of drug-likeness (QED) is 0.0671. The predicted molar refractivity (Wildman–Crippen MR) is 359 cm³/mol. The summed E-state index contributed by atoms with van der Waals surface area (Å²) in [5, 5.41) is 79.7. The number of hydrogen-bond donors (Lipinski definition) is 8. The Morgan fingerprint density at radius 1 is 0.314 bits per heavy atom. The molecular formula is C78H100O8. The first kappa shape index (κ1) is 68.9. The van der Waals surface area contributed by atoms with E-state index in [2.05, 4.69) is 135 Å². The lowest BCUT2D eigenvalue weighted by molar-refractivity contribution is 0.443. The van der Waals surface area contributed by atoms with Gasteiger partial charge in [0.2, 0.25) is 0 Å². The average molecular weight is 1170 g/mol. The lowest BCUT2D eigenvalue weighted by Gasteiger charge is -2.30. The molecule has 8 nitrogen and oxygen atoms in total. The average Bonchev–Trinajstić information content (AvgIpc) is 0.975. The van der Waals surface area contributed by atoms with Crippen LogP contribution >= 0.6 is 0 Å². The summed E-state index contributed by atoms with van der Waals surface area (Å²) in [6.07, 6.45) is 0.808. The number of hydrogen-bond acceptors (Lipinski definition) is 8. The van der Waals surface area contributed by atoms with Gasteiger partial charge in [-0.3, -0.25) is 0 Å². The maximum Gasteiger partial charge on any atom is 0.121 e. The highest BCUT2D eigenvalue weighted by Crippen LogP contribution is 2.44.